The molecular weight excluding hydrogens is 216 g/mol. The molecule has 2 aromatic rings. The van der Waals surface area contributed by atoms with Gasteiger partial charge in [-0.2, -0.15) is 0 Å². The third-order valence-corrected chi connectivity index (χ3v) is 2.33. The van der Waals surface area contributed by atoms with Crippen LogP contribution >= 0.6 is 0 Å². The largest absolute Gasteiger partial charge is 0.494 e. The number of pyridine rings is 1. The quantitative estimate of drug-likeness (QED) is 0.872. The molecular formula is C12H14N4O. The fraction of sp³-hybridized carbons (Fsp3) is 0.250. The molecule has 1 N–H and O–H groups in total. The van der Waals surface area contributed by atoms with Crippen molar-refractivity contribution in [3.05, 3.63) is 30.2 Å². The van der Waals surface area contributed by atoms with E-state index in [1.807, 2.05) is 32.2 Å². The van der Waals surface area contributed by atoms with Crippen LogP contribution in [0.3, 0.4) is 0 Å². The molecule has 0 saturated carbocycles. The van der Waals surface area contributed by atoms with E-state index < -0.39 is 0 Å². The van der Waals surface area contributed by atoms with Crippen LogP contribution in [-0.2, 0) is 0 Å². The van der Waals surface area contributed by atoms with Crippen molar-refractivity contribution in [1.29, 1.82) is 0 Å². The molecule has 0 fully saturated rings. The first-order valence-corrected chi connectivity index (χ1v) is 5.27. The smallest absolute Gasteiger partial charge is 0.146 e. The number of ether oxygens (including phenoxy) is 1. The zero-order chi connectivity index (χ0) is 12.3. The molecule has 0 amide bonds. The van der Waals surface area contributed by atoms with Gasteiger partial charge in [0.05, 0.1) is 12.8 Å². The predicted octanol–water partition coefficient (Wildman–Crippen LogP) is 1.90. The SMILES string of the molecule is CNc1cc(-c2ncccc2OC)nc(C)n1. The highest BCUT2D eigenvalue weighted by molar-refractivity contribution is 5.64. The molecule has 0 aliphatic rings. The fourth-order valence-electron chi connectivity index (χ4n) is 1.56. The van der Waals surface area contributed by atoms with Crippen LogP contribution in [0.2, 0.25) is 0 Å². The maximum absolute atomic E-state index is 5.27. The number of aryl methyl sites for hydroxylation is 1. The monoisotopic (exact) mass is 230 g/mol. The van der Waals surface area contributed by atoms with Crippen molar-refractivity contribution in [2.45, 2.75) is 6.92 Å². The van der Waals surface area contributed by atoms with Gasteiger partial charge in [-0.25, -0.2) is 9.97 Å². The number of hydrogen-bond donors (Lipinski definition) is 1. The van der Waals surface area contributed by atoms with Crippen molar-refractivity contribution < 1.29 is 4.74 Å². The minimum absolute atomic E-state index is 0.694. The van der Waals surface area contributed by atoms with Gasteiger partial charge in [0, 0.05) is 19.3 Å². The van der Waals surface area contributed by atoms with Gasteiger partial charge in [0.15, 0.2) is 0 Å². The van der Waals surface area contributed by atoms with Crippen molar-refractivity contribution in [3.8, 4) is 17.1 Å². The number of rotatable bonds is 3. The molecule has 0 radical (unpaired) electrons. The molecule has 2 heterocycles. The summed E-state index contributed by atoms with van der Waals surface area (Å²) in [6.45, 7) is 1.85. The second-order valence-electron chi connectivity index (χ2n) is 3.49. The Bertz CT molecular complexity index is 528. The van der Waals surface area contributed by atoms with Crippen molar-refractivity contribution in [1.82, 2.24) is 15.0 Å². The summed E-state index contributed by atoms with van der Waals surface area (Å²) in [7, 11) is 3.44. The van der Waals surface area contributed by atoms with E-state index in [9.17, 15) is 0 Å². The highest BCUT2D eigenvalue weighted by Gasteiger charge is 2.10. The highest BCUT2D eigenvalue weighted by atomic mass is 16.5. The zero-order valence-corrected chi connectivity index (χ0v) is 10.1. The first-order valence-electron chi connectivity index (χ1n) is 5.27. The summed E-state index contributed by atoms with van der Waals surface area (Å²) < 4.78 is 5.27. The van der Waals surface area contributed by atoms with Crippen LogP contribution in [0.15, 0.2) is 24.4 Å². The fourth-order valence-corrected chi connectivity index (χ4v) is 1.56. The number of anilines is 1. The molecule has 2 rings (SSSR count). The Labute approximate surface area is 99.9 Å². The number of nitrogens with one attached hydrogen (secondary N) is 1. The van der Waals surface area contributed by atoms with Crippen molar-refractivity contribution in [2.24, 2.45) is 0 Å². The van der Waals surface area contributed by atoms with E-state index in [4.69, 9.17) is 4.74 Å². The van der Waals surface area contributed by atoms with Crippen LogP contribution in [0.4, 0.5) is 5.82 Å². The lowest BCUT2D eigenvalue weighted by Crippen LogP contribution is -2.00. The Morgan fingerprint density at radius 1 is 1.29 bits per heavy atom. The summed E-state index contributed by atoms with van der Waals surface area (Å²) in [6, 6.07) is 5.53. The lowest BCUT2D eigenvalue weighted by molar-refractivity contribution is 0.414. The van der Waals surface area contributed by atoms with Crippen LogP contribution in [0.5, 0.6) is 5.75 Å². The average Bonchev–Trinajstić information content (AvgIpc) is 2.37. The maximum atomic E-state index is 5.27. The van der Waals surface area contributed by atoms with Crippen LogP contribution in [-0.4, -0.2) is 29.1 Å². The standard InChI is InChI=1S/C12H14N4O/c1-8-15-9(7-11(13-2)16-8)12-10(17-3)5-4-6-14-12/h4-7H,1-3H3,(H,13,15,16). The lowest BCUT2D eigenvalue weighted by atomic mass is 10.2. The van der Waals surface area contributed by atoms with Gasteiger partial charge in [-0.1, -0.05) is 0 Å². The van der Waals surface area contributed by atoms with E-state index in [2.05, 4.69) is 20.3 Å². The minimum atomic E-state index is 0.694. The van der Waals surface area contributed by atoms with Gasteiger partial charge in [-0.3, -0.25) is 4.98 Å². The van der Waals surface area contributed by atoms with Crippen LogP contribution in [0.1, 0.15) is 5.82 Å². The highest BCUT2D eigenvalue weighted by Crippen LogP contribution is 2.26. The van der Waals surface area contributed by atoms with Crippen LogP contribution < -0.4 is 10.1 Å². The summed E-state index contributed by atoms with van der Waals surface area (Å²) in [5.41, 5.74) is 1.47. The van der Waals surface area contributed by atoms with Gasteiger partial charge >= 0.3 is 0 Å². The molecule has 5 heteroatoms. The molecule has 0 saturated heterocycles. The van der Waals surface area contributed by atoms with E-state index in [0.29, 0.717) is 11.6 Å². The number of nitrogens with zero attached hydrogens (tertiary/aromatic N) is 3. The first-order chi connectivity index (χ1) is 8.24. The van der Waals surface area contributed by atoms with E-state index in [0.717, 1.165) is 17.2 Å². The molecule has 0 bridgehead atoms. The summed E-state index contributed by atoms with van der Waals surface area (Å²) in [5, 5.41) is 3.00. The van der Waals surface area contributed by atoms with Crippen LogP contribution in [0, 0.1) is 6.92 Å². The number of hydrogen-bond acceptors (Lipinski definition) is 5. The Morgan fingerprint density at radius 2 is 2.12 bits per heavy atom. The zero-order valence-electron chi connectivity index (χ0n) is 10.1. The second-order valence-corrected chi connectivity index (χ2v) is 3.49. The topological polar surface area (TPSA) is 59.9 Å². The second kappa shape index (κ2) is 4.78. The van der Waals surface area contributed by atoms with Crippen molar-refractivity contribution >= 4 is 5.82 Å². The summed E-state index contributed by atoms with van der Waals surface area (Å²) >= 11 is 0. The number of methoxy groups -OCH3 is 1. The predicted molar refractivity (Wildman–Crippen MR) is 66.1 cm³/mol. The molecule has 0 aromatic carbocycles. The summed E-state index contributed by atoms with van der Waals surface area (Å²) in [4.78, 5) is 12.9. The Morgan fingerprint density at radius 3 is 2.82 bits per heavy atom. The van der Waals surface area contributed by atoms with Gasteiger partial charge in [0.2, 0.25) is 0 Å². The van der Waals surface area contributed by atoms with Gasteiger partial charge in [0.25, 0.3) is 0 Å². The number of aromatic nitrogens is 3. The van der Waals surface area contributed by atoms with E-state index >= 15 is 0 Å². The maximum Gasteiger partial charge on any atom is 0.146 e. The molecule has 88 valence electrons. The molecule has 2 aromatic heterocycles. The van der Waals surface area contributed by atoms with Gasteiger partial charge < -0.3 is 10.1 Å². The normalized spacial score (nSPS) is 10.1. The molecule has 0 aliphatic heterocycles. The Kier molecular flexibility index (Phi) is 3.18. The summed E-state index contributed by atoms with van der Waals surface area (Å²) in [5.74, 6) is 2.16. The molecule has 0 aliphatic carbocycles. The average molecular weight is 230 g/mol. The molecule has 17 heavy (non-hydrogen) atoms. The third-order valence-electron chi connectivity index (χ3n) is 2.33. The van der Waals surface area contributed by atoms with E-state index in [-0.39, 0.29) is 0 Å². The van der Waals surface area contributed by atoms with Crippen LogP contribution in [0.25, 0.3) is 11.4 Å². The molecule has 0 unspecified atom stereocenters. The summed E-state index contributed by atoms with van der Waals surface area (Å²) in [6.07, 6.45) is 1.72. The van der Waals surface area contributed by atoms with Crippen molar-refractivity contribution in [2.75, 3.05) is 19.5 Å². The molecule has 0 atom stereocenters. The van der Waals surface area contributed by atoms with Gasteiger partial charge in [-0.05, 0) is 19.1 Å². The van der Waals surface area contributed by atoms with Gasteiger partial charge in [-0.15, -0.1) is 0 Å². The Hall–Kier alpha value is -2.17. The van der Waals surface area contributed by atoms with Gasteiger partial charge in [0.1, 0.15) is 23.1 Å². The minimum Gasteiger partial charge on any atom is -0.494 e. The Balaban J connectivity index is 2.55. The van der Waals surface area contributed by atoms with Crippen molar-refractivity contribution in [3.63, 3.8) is 0 Å². The first kappa shape index (κ1) is 11.3. The molecule has 0 spiro atoms. The van der Waals surface area contributed by atoms with E-state index in [1.165, 1.54) is 0 Å². The third kappa shape index (κ3) is 2.33. The lowest BCUT2D eigenvalue weighted by Gasteiger charge is -2.08. The van der Waals surface area contributed by atoms with E-state index in [1.54, 1.807) is 13.3 Å². The molecule has 5 nitrogen and oxygen atoms in total.